The van der Waals surface area contributed by atoms with Crippen LogP contribution >= 0.6 is 0 Å². The molecule has 1 amide bonds. The van der Waals surface area contributed by atoms with E-state index in [0.717, 1.165) is 25.0 Å². The third-order valence-electron chi connectivity index (χ3n) is 6.10. The van der Waals surface area contributed by atoms with Gasteiger partial charge in [0.05, 0.1) is 0 Å². The lowest BCUT2D eigenvalue weighted by atomic mass is 9.97. The molecule has 0 aromatic heterocycles. The molecule has 0 radical (unpaired) electrons. The molecule has 0 bridgehead atoms. The molecule has 2 atom stereocenters. The van der Waals surface area contributed by atoms with Crippen LogP contribution < -0.4 is 5.73 Å². The van der Waals surface area contributed by atoms with E-state index in [1.807, 2.05) is 0 Å². The summed E-state index contributed by atoms with van der Waals surface area (Å²) in [7, 11) is -4.00. The summed E-state index contributed by atoms with van der Waals surface area (Å²) < 4.78 is 66.3. The first-order valence-electron chi connectivity index (χ1n) is 9.94. The van der Waals surface area contributed by atoms with E-state index in [1.165, 1.54) is 4.31 Å². The molecule has 7 nitrogen and oxygen atoms in total. The summed E-state index contributed by atoms with van der Waals surface area (Å²) in [5.74, 6) is -0.341. The molecule has 172 valence electrons. The van der Waals surface area contributed by atoms with Crippen LogP contribution in [0.1, 0.15) is 38.7 Å². The second kappa shape index (κ2) is 7.92. The Labute approximate surface area is 180 Å². The Bertz CT molecular complexity index is 928. The summed E-state index contributed by atoms with van der Waals surface area (Å²) in [4.78, 5) is 13.1. The van der Waals surface area contributed by atoms with Crippen molar-refractivity contribution in [3.8, 4) is 0 Å². The van der Waals surface area contributed by atoms with Crippen molar-refractivity contribution < 1.29 is 31.5 Å². The van der Waals surface area contributed by atoms with Crippen molar-refractivity contribution in [3.63, 3.8) is 0 Å². The number of sulfonamides is 1. The second-order valence-corrected chi connectivity index (χ2v) is 10.6. The van der Waals surface area contributed by atoms with Crippen LogP contribution in [0.5, 0.6) is 0 Å². The van der Waals surface area contributed by atoms with Gasteiger partial charge in [-0.15, -0.1) is 0 Å². The van der Waals surface area contributed by atoms with Crippen LogP contribution in [-0.4, -0.2) is 67.0 Å². The molecule has 1 heterocycles. The zero-order chi connectivity index (χ0) is 23.2. The molecule has 2 fully saturated rings. The average molecular weight is 462 g/mol. The van der Waals surface area contributed by atoms with Gasteiger partial charge in [0.1, 0.15) is 4.90 Å². The Morgan fingerprint density at radius 3 is 2.39 bits per heavy atom. The lowest BCUT2D eigenvalue weighted by molar-refractivity contribution is -0.258. The highest BCUT2D eigenvalue weighted by molar-refractivity contribution is 7.89. The summed E-state index contributed by atoms with van der Waals surface area (Å²) >= 11 is 0. The minimum atomic E-state index is -4.93. The maximum Gasteiger partial charge on any atom is 0.421 e. The molecule has 3 N–H and O–H groups in total. The lowest BCUT2D eigenvalue weighted by Gasteiger charge is -2.40. The number of carbonyl (C=O) groups excluding carboxylic acids is 1. The van der Waals surface area contributed by atoms with E-state index in [0.29, 0.717) is 33.0 Å². The molecule has 1 aliphatic carbocycles. The first kappa shape index (κ1) is 23.8. The predicted octanol–water partition coefficient (Wildman–Crippen LogP) is 1.41. The SMILES string of the molecule is C[C@@H]1CN(CC2(CC(N)=O)CC2)CCN1S(=O)(=O)c1c#cc(C(C)(O)C(F)(F)F)cc1. The Morgan fingerprint density at radius 2 is 1.94 bits per heavy atom. The first-order chi connectivity index (χ1) is 14.2. The van der Waals surface area contributed by atoms with Gasteiger partial charge in [0.25, 0.3) is 10.0 Å². The Morgan fingerprint density at radius 1 is 1.29 bits per heavy atom. The number of aliphatic hydroxyl groups is 1. The van der Waals surface area contributed by atoms with Gasteiger partial charge in [-0.1, -0.05) is 6.07 Å². The molecule has 31 heavy (non-hydrogen) atoms. The van der Waals surface area contributed by atoms with E-state index in [-0.39, 0.29) is 28.8 Å². The number of hydrogen-bond acceptors (Lipinski definition) is 5. The molecule has 1 aromatic carbocycles. The predicted molar refractivity (Wildman–Crippen MR) is 105 cm³/mol. The van der Waals surface area contributed by atoms with E-state index < -0.39 is 27.4 Å². The summed E-state index contributed by atoms with van der Waals surface area (Å²) in [5.41, 5.74) is 1.45. The van der Waals surface area contributed by atoms with Gasteiger partial charge in [0.15, 0.2) is 5.60 Å². The van der Waals surface area contributed by atoms with Crippen LogP contribution in [0, 0.1) is 17.5 Å². The third kappa shape index (κ3) is 4.82. The Hall–Kier alpha value is -1.87. The van der Waals surface area contributed by atoms with Crippen LogP contribution in [0.25, 0.3) is 0 Å². The van der Waals surface area contributed by atoms with Crippen LogP contribution in [0.2, 0.25) is 0 Å². The summed E-state index contributed by atoms with van der Waals surface area (Å²) in [6, 6.07) is 5.96. The number of carbonyl (C=O) groups is 1. The van der Waals surface area contributed by atoms with Crippen molar-refractivity contribution in [2.75, 3.05) is 26.2 Å². The number of halogens is 3. The van der Waals surface area contributed by atoms with E-state index in [4.69, 9.17) is 5.73 Å². The van der Waals surface area contributed by atoms with Crippen molar-refractivity contribution >= 4 is 15.9 Å². The number of alkyl halides is 3. The number of piperazine rings is 1. The molecule has 11 heteroatoms. The Balaban J connectivity index is 1.70. The minimum Gasteiger partial charge on any atom is -0.376 e. The summed E-state index contributed by atoms with van der Waals surface area (Å²) in [5, 5.41) is 9.72. The number of amides is 1. The molecule has 0 spiro atoms. The van der Waals surface area contributed by atoms with Gasteiger partial charge in [0.2, 0.25) is 5.91 Å². The second-order valence-electron chi connectivity index (χ2n) is 8.77. The van der Waals surface area contributed by atoms with Crippen LogP contribution in [0.4, 0.5) is 13.2 Å². The fraction of sp³-hybridized carbons (Fsp3) is 0.650. The standard InChI is InChI=1S/C20H26F3N3O4S/c1-14-12-25(13-19(7-8-19)11-17(24)27)9-10-26(14)31(29,30)16-5-3-15(4-6-16)18(2,28)20(21,22)23/h3,5,14,28H,7-13H2,1-2H3,(H2,24,27)/t14-,18?/m1/s1. The van der Waals surface area contributed by atoms with Crippen molar-refractivity contribution in [2.45, 2.75) is 55.8 Å². The van der Waals surface area contributed by atoms with Gasteiger partial charge in [-0.2, -0.15) is 17.5 Å². The zero-order valence-electron chi connectivity index (χ0n) is 17.4. The van der Waals surface area contributed by atoms with Crippen LogP contribution in [-0.2, 0) is 20.4 Å². The molecule has 3 rings (SSSR count). The normalized spacial score (nSPS) is 24.3. The highest BCUT2D eigenvalue weighted by Crippen LogP contribution is 2.49. The van der Waals surface area contributed by atoms with E-state index in [1.54, 1.807) is 6.92 Å². The molecular formula is C20H26F3N3O4S. The van der Waals surface area contributed by atoms with Crippen LogP contribution in [0.15, 0.2) is 17.0 Å². The van der Waals surface area contributed by atoms with Crippen LogP contribution in [0.3, 0.4) is 0 Å². The van der Waals surface area contributed by atoms with Gasteiger partial charge in [0, 0.05) is 44.2 Å². The van der Waals surface area contributed by atoms with E-state index in [2.05, 4.69) is 17.0 Å². The monoisotopic (exact) mass is 461 g/mol. The molecule has 2 aliphatic rings. The largest absolute Gasteiger partial charge is 0.421 e. The number of rotatable bonds is 7. The maximum absolute atomic E-state index is 13.0. The average Bonchev–Trinajstić information content (AvgIpc) is 3.38. The minimum absolute atomic E-state index is 0.111. The quantitative estimate of drug-likeness (QED) is 0.639. The van der Waals surface area contributed by atoms with Crippen molar-refractivity contribution in [1.82, 2.24) is 9.21 Å². The Kier molecular flexibility index (Phi) is 6.08. The number of nitrogens with zero attached hydrogens (tertiary/aromatic N) is 2. The van der Waals surface area contributed by atoms with Gasteiger partial charge < -0.3 is 10.8 Å². The van der Waals surface area contributed by atoms with Gasteiger partial charge in [-0.25, -0.2) is 8.42 Å². The smallest absolute Gasteiger partial charge is 0.376 e. The van der Waals surface area contributed by atoms with Crippen molar-refractivity contribution in [3.05, 3.63) is 29.8 Å². The molecule has 1 saturated carbocycles. The summed E-state index contributed by atoms with van der Waals surface area (Å²) in [6.45, 7) is 4.14. The van der Waals surface area contributed by atoms with Gasteiger partial charge in [-0.05, 0) is 50.3 Å². The van der Waals surface area contributed by atoms with Crippen molar-refractivity contribution in [2.24, 2.45) is 11.1 Å². The maximum atomic E-state index is 13.0. The first-order valence-corrected chi connectivity index (χ1v) is 11.4. The molecule has 1 aromatic rings. The lowest BCUT2D eigenvalue weighted by Crippen LogP contribution is -2.54. The topological polar surface area (TPSA) is 104 Å². The molecule has 1 aliphatic heterocycles. The molecule has 1 unspecified atom stereocenters. The fourth-order valence-electron chi connectivity index (χ4n) is 4.01. The summed E-state index contributed by atoms with van der Waals surface area (Å²) in [6.07, 6.45) is -2.78. The zero-order valence-corrected chi connectivity index (χ0v) is 18.2. The highest BCUT2D eigenvalue weighted by atomic mass is 32.2. The number of nitrogens with two attached hydrogens (primary N) is 1. The highest BCUT2D eigenvalue weighted by Gasteiger charge is 2.51. The molecule has 1 saturated heterocycles. The van der Waals surface area contributed by atoms with Gasteiger partial charge >= 0.3 is 6.18 Å². The number of hydrogen-bond donors (Lipinski definition) is 2. The third-order valence-corrected chi connectivity index (χ3v) is 8.05. The fourth-order valence-corrected chi connectivity index (χ4v) is 5.55. The molecular weight excluding hydrogens is 435 g/mol. The van der Waals surface area contributed by atoms with Gasteiger partial charge in [-0.3, -0.25) is 9.69 Å². The number of primary amides is 1. The van der Waals surface area contributed by atoms with E-state index >= 15 is 0 Å². The van der Waals surface area contributed by atoms with E-state index in [9.17, 15) is 31.5 Å². The van der Waals surface area contributed by atoms with Crippen molar-refractivity contribution in [1.29, 1.82) is 0 Å².